The molecule has 2 aliphatic rings. The lowest BCUT2D eigenvalue weighted by atomic mass is 9.94. The van der Waals surface area contributed by atoms with E-state index in [9.17, 15) is 4.79 Å². The van der Waals surface area contributed by atoms with Crippen LogP contribution < -0.4 is 10.1 Å². The van der Waals surface area contributed by atoms with E-state index in [0.29, 0.717) is 23.2 Å². The van der Waals surface area contributed by atoms with Crippen molar-refractivity contribution in [2.75, 3.05) is 6.61 Å². The van der Waals surface area contributed by atoms with Crippen molar-refractivity contribution in [3.05, 3.63) is 46.6 Å². The van der Waals surface area contributed by atoms with Gasteiger partial charge in [-0.25, -0.2) is 0 Å². The molecule has 3 rings (SSSR count). The zero-order valence-electron chi connectivity index (χ0n) is 14.0. The number of nitrogens with one attached hydrogen (secondary N) is 1. The zero-order valence-corrected chi connectivity index (χ0v) is 16.4. The number of benzene rings is 1. The number of ether oxygens (including phenoxy) is 1. The monoisotopic (exact) mass is 420 g/mol. The third kappa shape index (κ3) is 4.12. The third-order valence-electron chi connectivity index (χ3n) is 4.48. The number of thiocarbonyl (C=S) groups is 1. The Morgan fingerprint density at radius 2 is 2.12 bits per heavy atom. The van der Waals surface area contributed by atoms with Crippen LogP contribution in [0, 0.1) is 0 Å². The van der Waals surface area contributed by atoms with Gasteiger partial charge in [0.1, 0.15) is 18.1 Å². The number of nitrogens with zero attached hydrogens (tertiary/aromatic N) is 1. The largest absolute Gasteiger partial charge is 0.489 e. The van der Waals surface area contributed by atoms with Gasteiger partial charge in [-0.1, -0.05) is 47.8 Å². The first-order chi connectivity index (χ1) is 12.1. The molecule has 6 heteroatoms. The van der Waals surface area contributed by atoms with Crippen molar-refractivity contribution in [2.45, 2.75) is 38.1 Å². The van der Waals surface area contributed by atoms with Crippen molar-refractivity contribution < 1.29 is 9.53 Å². The zero-order chi connectivity index (χ0) is 17.8. The quantitative estimate of drug-likeness (QED) is 0.435. The van der Waals surface area contributed by atoms with Gasteiger partial charge in [-0.3, -0.25) is 9.69 Å². The Kier molecular flexibility index (Phi) is 5.91. The number of hydrogen-bond donors (Lipinski definition) is 1. The summed E-state index contributed by atoms with van der Waals surface area (Å²) in [4.78, 5) is 14.6. The molecule has 0 bridgehead atoms. The van der Waals surface area contributed by atoms with E-state index in [1.807, 2.05) is 18.2 Å². The highest BCUT2D eigenvalue weighted by atomic mass is 79.9. The van der Waals surface area contributed by atoms with Gasteiger partial charge in [-0.05, 0) is 49.3 Å². The molecule has 1 amide bonds. The molecule has 0 aromatic heterocycles. The van der Waals surface area contributed by atoms with Crippen molar-refractivity contribution >= 4 is 45.2 Å². The molecule has 2 fully saturated rings. The summed E-state index contributed by atoms with van der Waals surface area (Å²) in [5.41, 5.74) is 1.32. The first-order valence-corrected chi connectivity index (χ1v) is 9.70. The Bertz CT molecular complexity index is 726. The predicted octanol–water partition coefficient (Wildman–Crippen LogP) is 4.40. The minimum absolute atomic E-state index is 0.0495. The van der Waals surface area contributed by atoms with Crippen LogP contribution in [-0.4, -0.2) is 28.6 Å². The van der Waals surface area contributed by atoms with Crippen molar-refractivity contribution in [3.63, 3.8) is 0 Å². The molecule has 1 aromatic carbocycles. The van der Waals surface area contributed by atoms with E-state index in [2.05, 4.69) is 27.8 Å². The fourth-order valence-electron chi connectivity index (χ4n) is 3.29. The number of amides is 1. The fraction of sp³-hybridized carbons (Fsp3) is 0.368. The lowest BCUT2D eigenvalue weighted by Gasteiger charge is -2.29. The van der Waals surface area contributed by atoms with Crippen LogP contribution >= 0.6 is 28.1 Å². The van der Waals surface area contributed by atoms with Crippen LogP contribution in [0.4, 0.5) is 0 Å². The molecule has 1 aliphatic heterocycles. The van der Waals surface area contributed by atoms with Gasteiger partial charge in [0.15, 0.2) is 5.11 Å². The van der Waals surface area contributed by atoms with Gasteiger partial charge in [-0.2, -0.15) is 0 Å². The smallest absolute Gasteiger partial charge is 0.276 e. The van der Waals surface area contributed by atoms with Crippen LogP contribution in [0.15, 0.2) is 41.0 Å². The van der Waals surface area contributed by atoms with Crippen molar-refractivity contribution in [2.24, 2.45) is 0 Å². The second kappa shape index (κ2) is 8.15. The highest BCUT2D eigenvalue weighted by Crippen LogP contribution is 2.29. The number of rotatable bonds is 5. The summed E-state index contributed by atoms with van der Waals surface area (Å²) >= 11 is 8.89. The Morgan fingerprint density at radius 3 is 2.84 bits per heavy atom. The van der Waals surface area contributed by atoms with E-state index in [-0.39, 0.29) is 11.9 Å². The van der Waals surface area contributed by atoms with Gasteiger partial charge in [0.2, 0.25) is 0 Å². The van der Waals surface area contributed by atoms with Crippen LogP contribution in [0.3, 0.4) is 0 Å². The molecule has 0 spiro atoms. The maximum absolute atomic E-state index is 12.9. The standard InChI is InChI=1S/C19H21BrN2O2S/c1-2-10-24-17-9-8-14(20)11-13(17)12-16-18(23)22(19(25)21-16)15-6-4-3-5-7-15/h2,8-9,11-12,15H,1,3-7,10H2,(H,21,25). The Balaban J connectivity index is 1.86. The molecule has 25 heavy (non-hydrogen) atoms. The van der Waals surface area contributed by atoms with Gasteiger partial charge in [0.05, 0.1) is 0 Å². The van der Waals surface area contributed by atoms with E-state index < -0.39 is 0 Å². The van der Waals surface area contributed by atoms with Gasteiger partial charge < -0.3 is 10.1 Å². The van der Waals surface area contributed by atoms with E-state index in [0.717, 1.165) is 35.7 Å². The molecule has 132 valence electrons. The molecular weight excluding hydrogens is 400 g/mol. The van der Waals surface area contributed by atoms with E-state index in [1.54, 1.807) is 17.1 Å². The van der Waals surface area contributed by atoms with Crippen LogP contribution in [0.25, 0.3) is 6.08 Å². The van der Waals surface area contributed by atoms with Crippen LogP contribution in [0.5, 0.6) is 5.75 Å². The molecule has 1 heterocycles. The average Bonchev–Trinajstić information content (AvgIpc) is 2.88. The fourth-order valence-corrected chi connectivity index (χ4v) is 4.01. The van der Waals surface area contributed by atoms with Crippen LogP contribution in [-0.2, 0) is 4.79 Å². The summed E-state index contributed by atoms with van der Waals surface area (Å²) in [6.07, 6.45) is 9.08. The number of carbonyl (C=O) groups is 1. The minimum atomic E-state index is -0.0495. The number of carbonyl (C=O) groups excluding carboxylic acids is 1. The summed E-state index contributed by atoms with van der Waals surface area (Å²) in [7, 11) is 0. The topological polar surface area (TPSA) is 41.6 Å². The van der Waals surface area contributed by atoms with E-state index in [4.69, 9.17) is 17.0 Å². The van der Waals surface area contributed by atoms with Gasteiger partial charge >= 0.3 is 0 Å². The molecule has 0 radical (unpaired) electrons. The predicted molar refractivity (Wildman–Crippen MR) is 107 cm³/mol. The number of hydrogen-bond acceptors (Lipinski definition) is 3. The molecule has 1 aromatic rings. The molecule has 0 atom stereocenters. The molecule has 1 aliphatic carbocycles. The van der Waals surface area contributed by atoms with Gasteiger partial charge in [-0.15, -0.1) is 0 Å². The maximum Gasteiger partial charge on any atom is 0.276 e. The van der Waals surface area contributed by atoms with E-state index in [1.165, 1.54) is 6.42 Å². The summed E-state index contributed by atoms with van der Waals surface area (Å²) < 4.78 is 6.61. The van der Waals surface area contributed by atoms with Crippen molar-refractivity contribution in [1.82, 2.24) is 10.2 Å². The lowest BCUT2D eigenvalue weighted by molar-refractivity contribution is -0.124. The van der Waals surface area contributed by atoms with Crippen molar-refractivity contribution in [1.29, 1.82) is 0 Å². The molecule has 1 N–H and O–H groups in total. The maximum atomic E-state index is 12.9. The molecule has 4 nitrogen and oxygen atoms in total. The highest BCUT2D eigenvalue weighted by molar-refractivity contribution is 9.10. The Morgan fingerprint density at radius 1 is 1.36 bits per heavy atom. The second-order valence-corrected chi connectivity index (χ2v) is 7.54. The molecule has 1 saturated carbocycles. The SMILES string of the molecule is C=CCOc1ccc(Br)cc1C=C1NC(=S)N(C2CCCCC2)C1=O. The van der Waals surface area contributed by atoms with Crippen LogP contribution in [0.1, 0.15) is 37.7 Å². The van der Waals surface area contributed by atoms with E-state index >= 15 is 0 Å². The Hall–Kier alpha value is -1.66. The van der Waals surface area contributed by atoms with Crippen LogP contribution in [0.2, 0.25) is 0 Å². The minimum Gasteiger partial charge on any atom is -0.489 e. The first-order valence-electron chi connectivity index (χ1n) is 8.49. The summed E-state index contributed by atoms with van der Waals surface area (Å²) in [5.74, 6) is 0.652. The average molecular weight is 421 g/mol. The second-order valence-electron chi connectivity index (χ2n) is 6.24. The van der Waals surface area contributed by atoms with Gasteiger partial charge in [0.25, 0.3) is 5.91 Å². The normalized spacial score (nSPS) is 20.0. The van der Waals surface area contributed by atoms with Crippen molar-refractivity contribution in [3.8, 4) is 5.75 Å². The summed E-state index contributed by atoms with van der Waals surface area (Å²) in [6, 6.07) is 5.92. The third-order valence-corrected chi connectivity index (χ3v) is 5.27. The Labute approximate surface area is 162 Å². The van der Waals surface area contributed by atoms with Gasteiger partial charge in [0, 0.05) is 16.1 Å². The summed E-state index contributed by atoms with van der Waals surface area (Å²) in [5, 5.41) is 3.59. The molecular formula is C19H21BrN2O2S. The number of halogens is 1. The first kappa shape index (κ1) is 18.1. The molecule has 1 saturated heterocycles. The molecule has 0 unspecified atom stereocenters. The highest BCUT2D eigenvalue weighted by Gasteiger charge is 2.36. The lowest BCUT2D eigenvalue weighted by Crippen LogP contribution is -2.41. The summed E-state index contributed by atoms with van der Waals surface area (Å²) in [6.45, 7) is 4.08.